The Hall–Kier alpha value is -1.86. The molecule has 94 valence electrons. The van der Waals surface area contributed by atoms with Crippen molar-refractivity contribution in [3.8, 4) is 0 Å². The molecule has 0 unspecified atom stereocenters. The summed E-state index contributed by atoms with van der Waals surface area (Å²) in [6.45, 7) is -1.46. The first-order valence-corrected chi connectivity index (χ1v) is 4.49. The highest BCUT2D eigenvalue weighted by molar-refractivity contribution is 5.98. The molecule has 1 aromatic rings. The van der Waals surface area contributed by atoms with Gasteiger partial charge in [0, 0.05) is 6.20 Å². The first kappa shape index (κ1) is 13.2. The smallest absolute Gasteiger partial charge is 0.324 e. The van der Waals surface area contributed by atoms with Crippen molar-refractivity contribution in [2.75, 3.05) is 12.3 Å². The Balaban J connectivity index is 2.66. The first-order valence-electron chi connectivity index (χ1n) is 4.49. The molecule has 1 aromatic heterocycles. The van der Waals surface area contributed by atoms with Crippen LogP contribution in [0.4, 0.5) is 23.4 Å². The molecule has 0 saturated carbocycles. The Morgan fingerprint density at radius 1 is 1.53 bits per heavy atom. The van der Waals surface area contributed by atoms with Gasteiger partial charge in [-0.15, -0.1) is 0 Å². The number of carbonyl (C=O) groups excluding carboxylic acids is 1. The lowest BCUT2D eigenvalue weighted by Crippen LogP contribution is -2.41. The lowest BCUT2D eigenvalue weighted by atomic mass is 10.2. The molecule has 4 nitrogen and oxygen atoms in total. The third kappa shape index (κ3) is 3.30. The maximum atomic E-state index is 12.5. The molecular formula is C9H9F4N3O. The molecule has 1 rings (SSSR count). The van der Waals surface area contributed by atoms with Crippen molar-refractivity contribution in [3.05, 3.63) is 23.9 Å². The molecule has 0 aromatic carbocycles. The van der Waals surface area contributed by atoms with Crippen molar-refractivity contribution in [1.29, 1.82) is 0 Å². The number of pyridine rings is 1. The summed E-state index contributed by atoms with van der Waals surface area (Å²) >= 11 is 0. The SMILES string of the molecule is Nc1ncccc1C(=O)NCC(F)(F)C(F)F. The Labute approximate surface area is 93.8 Å². The molecule has 8 heteroatoms. The van der Waals surface area contributed by atoms with E-state index in [1.165, 1.54) is 18.3 Å². The molecule has 0 aliphatic rings. The highest BCUT2D eigenvalue weighted by atomic mass is 19.3. The summed E-state index contributed by atoms with van der Waals surface area (Å²) < 4.78 is 48.6. The minimum Gasteiger partial charge on any atom is -0.383 e. The van der Waals surface area contributed by atoms with Crippen LogP contribution in [0.5, 0.6) is 0 Å². The summed E-state index contributed by atoms with van der Waals surface area (Å²) in [7, 11) is 0. The maximum Gasteiger partial charge on any atom is 0.324 e. The van der Waals surface area contributed by atoms with Gasteiger partial charge in [-0.25, -0.2) is 13.8 Å². The number of amides is 1. The Bertz CT molecular complexity index is 411. The van der Waals surface area contributed by atoms with Crippen LogP contribution >= 0.6 is 0 Å². The van der Waals surface area contributed by atoms with Crippen molar-refractivity contribution >= 4 is 11.7 Å². The van der Waals surface area contributed by atoms with Gasteiger partial charge < -0.3 is 11.1 Å². The predicted octanol–water partition coefficient (Wildman–Crippen LogP) is 1.29. The van der Waals surface area contributed by atoms with Crippen LogP contribution in [-0.4, -0.2) is 29.8 Å². The minimum absolute atomic E-state index is 0.141. The number of aromatic nitrogens is 1. The number of hydrogen-bond donors (Lipinski definition) is 2. The summed E-state index contributed by atoms with van der Waals surface area (Å²) in [6.07, 6.45) is -2.53. The number of rotatable bonds is 4. The van der Waals surface area contributed by atoms with E-state index in [-0.39, 0.29) is 11.4 Å². The second-order valence-corrected chi connectivity index (χ2v) is 3.18. The van der Waals surface area contributed by atoms with Gasteiger partial charge in [-0.1, -0.05) is 0 Å². The van der Waals surface area contributed by atoms with E-state index in [4.69, 9.17) is 5.73 Å². The number of alkyl halides is 4. The average Bonchev–Trinajstić information content (AvgIpc) is 2.26. The van der Waals surface area contributed by atoms with E-state index in [0.717, 1.165) is 0 Å². The molecule has 0 radical (unpaired) electrons. The number of nitrogens with zero attached hydrogens (tertiary/aromatic N) is 1. The van der Waals surface area contributed by atoms with Crippen molar-refractivity contribution in [2.24, 2.45) is 0 Å². The van der Waals surface area contributed by atoms with Gasteiger partial charge >= 0.3 is 12.3 Å². The monoisotopic (exact) mass is 251 g/mol. The van der Waals surface area contributed by atoms with Crippen LogP contribution in [0, 0.1) is 0 Å². The fourth-order valence-electron chi connectivity index (χ4n) is 0.980. The van der Waals surface area contributed by atoms with Gasteiger partial charge in [0.15, 0.2) is 0 Å². The number of nitrogens with one attached hydrogen (secondary N) is 1. The largest absolute Gasteiger partial charge is 0.383 e. The molecule has 0 aliphatic heterocycles. The molecule has 1 heterocycles. The number of halogens is 4. The van der Waals surface area contributed by atoms with Gasteiger partial charge in [-0.3, -0.25) is 4.79 Å². The first-order chi connectivity index (χ1) is 7.84. The second-order valence-electron chi connectivity index (χ2n) is 3.18. The summed E-state index contributed by atoms with van der Waals surface area (Å²) in [5.74, 6) is -5.41. The Kier molecular flexibility index (Phi) is 3.87. The van der Waals surface area contributed by atoms with E-state index in [0.29, 0.717) is 0 Å². The van der Waals surface area contributed by atoms with Gasteiger partial charge in [-0.2, -0.15) is 8.78 Å². The molecule has 0 saturated heterocycles. The number of nitrogens with two attached hydrogens (primary N) is 1. The standard InChI is InChI=1S/C9H9F4N3O/c10-8(11)9(12,13)4-16-7(17)5-2-1-3-15-6(5)14/h1-3,8H,4H2,(H2,14,15)(H,16,17). The van der Waals surface area contributed by atoms with Crippen LogP contribution in [0.3, 0.4) is 0 Å². The molecule has 0 fully saturated rings. The second kappa shape index (κ2) is 4.98. The van der Waals surface area contributed by atoms with Crippen molar-refractivity contribution in [1.82, 2.24) is 10.3 Å². The van der Waals surface area contributed by atoms with Gasteiger partial charge in [0.1, 0.15) is 5.82 Å². The van der Waals surface area contributed by atoms with Gasteiger partial charge in [0.25, 0.3) is 5.91 Å². The molecular weight excluding hydrogens is 242 g/mol. The zero-order valence-corrected chi connectivity index (χ0v) is 8.46. The van der Waals surface area contributed by atoms with E-state index in [9.17, 15) is 22.4 Å². The van der Waals surface area contributed by atoms with Crippen molar-refractivity contribution in [3.63, 3.8) is 0 Å². The van der Waals surface area contributed by atoms with Crippen LogP contribution in [0.1, 0.15) is 10.4 Å². The molecule has 3 N–H and O–H groups in total. The molecule has 0 aliphatic carbocycles. The summed E-state index contributed by atoms with van der Waals surface area (Å²) in [5.41, 5.74) is 5.17. The lowest BCUT2D eigenvalue weighted by Gasteiger charge is -2.15. The highest BCUT2D eigenvalue weighted by Gasteiger charge is 2.40. The van der Waals surface area contributed by atoms with Crippen LogP contribution < -0.4 is 11.1 Å². The van der Waals surface area contributed by atoms with Gasteiger partial charge in [-0.05, 0) is 12.1 Å². The average molecular weight is 251 g/mol. The summed E-state index contributed by atoms with van der Waals surface area (Å²) in [4.78, 5) is 14.9. The van der Waals surface area contributed by atoms with Crippen molar-refractivity contribution < 1.29 is 22.4 Å². The molecule has 0 atom stereocenters. The van der Waals surface area contributed by atoms with Gasteiger partial charge in [0.2, 0.25) is 0 Å². The number of hydrogen-bond acceptors (Lipinski definition) is 3. The zero-order chi connectivity index (χ0) is 13.1. The van der Waals surface area contributed by atoms with E-state index < -0.39 is 24.8 Å². The van der Waals surface area contributed by atoms with Crippen LogP contribution in [-0.2, 0) is 0 Å². The molecule has 17 heavy (non-hydrogen) atoms. The predicted molar refractivity (Wildman–Crippen MR) is 51.9 cm³/mol. The summed E-state index contributed by atoms with van der Waals surface area (Å²) in [5, 5.41) is 1.67. The van der Waals surface area contributed by atoms with E-state index in [1.807, 2.05) is 0 Å². The van der Waals surface area contributed by atoms with Crippen LogP contribution in [0.25, 0.3) is 0 Å². The van der Waals surface area contributed by atoms with Crippen molar-refractivity contribution in [2.45, 2.75) is 12.3 Å². The number of nitrogen functional groups attached to an aromatic ring is 1. The van der Waals surface area contributed by atoms with Gasteiger partial charge in [0.05, 0.1) is 12.1 Å². The fourth-order valence-corrected chi connectivity index (χ4v) is 0.980. The summed E-state index contributed by atoms with van der Waals surface area (Å²) in [6, 6.07) is 2.62. The number of carbonyl (C=O) groups is 1. The zero-order valence-electron chi connectivity index (χ0n) is 8.46. The third-order valence-electron chi connectivity index (χ3n) is 1.89. The maximum absolute atomic E-state index is 12.5. The Morgan fingerprint density at radius 3 is 2.71 bits per heavy atom. The highest BCUT2D eigenvalue weighted by Crippen LogP contribution is 2.21. The molecule has 0 bridgehead atoms. The van der Waals surface area contributed by atoms with Crippen LogP contribution in [0.15, 0.2) is 18.3 Å². The van der Waals surface area contributed by atoms with E-state index >= 15 is 0 Å². The fraction of sp³-hybridized carbons (Fsp3) is 0.333. The lowest BCUT2D eigenvalue weighted by molar-refractivity contribution is -0.123. The number of anilines is 1. The topological polar surface area (TPSA) is 68.0 Å². The third-order valence-corrected chi connectivity index (χ3v) is 1.89. The normalized spacial score (nSPS) is 11.6. The quantitative estimate of drug-likeness (QED) is 0.792. The Morgan fingerprint density at radius 2 is 2.18 bits per heavy atom. The minimum atomic E-state index is -4.27. The van der Waals surface area contributed by atoms with Crippen LogP contribution in [0.2, 0.25) is 0 Å². The molecule has 1 amide bonds. The molecule has 0 spiro atoms. The van der Waals surface area contributed by atoms with E-state index in [1.54, 1.807) is 5.32 Å². The van der Waals surface area contributed by atoms with E-state index in [2.05, 4.69) is 4.98 Å².